The number of benzene rings is 1. The van der Waals surface area contributed by atoms with E-state index in [1.54, 1.807) is 12.1 Å². The molecule has 1 aromatic rings. The van der Waals surface area contributed by atoms with Gasteiger partial charge in [-0.3, -0.25) is 0 Å². The molecule has 1 N–H and O–H groups in total. The van der Waals surface area contributed by atoms with Crippen LogP contribution in [0.3, 0.4) is 0 Å². The first-order valence-electron chi connectivity index (χ1n) is 6.90. The number of ether oxygens (including phenoxy) is 1. The fraction of sp³-hybridized carbons (Fsp3) is 0.600. The van der Waals surface area contributed by atoms with Gasteiger partial charge in [0.05, 0.1) is 0 Å². The van der Waals surface area contributed by atoms with Crippen LogP contribution in [0.2, 0.25) is 0 Å². The Bertz CT molecular complexity index is 389. The zero-order valence-corrected chi connectivity index (χ0v) is 12.1. The molecule has 0 radical (unpaired) electrons. The molecule has 0 bridgehead atoms. The van der Waals surface area contributed by atoms with E-state index in [2.05, 4.69) is 30.8 Å². The van der Waals surface area contributed by atoms with Crippen molar-refractivity contribution in [3.63, 3.8) is 0 Å². The molecule has 5 heteroatoms. The smallest absolute Gasteiger partial charge is 0.406 e. The van der Waals surface area contributed by atoms with Crippen LogP contribution in [-0.2, 0) is 6.42 Å². The predicted octanol–water partition coefficient (Wildman–Crippen LogP) is 4.15. The molecule has 0 aliphatic carbocycles. The van der Waals surface area contributed by atoms with Crippen molar-refractivity contribution in [2.45, 2.75) is 46.0 Å². The van der Waals surface area contributed by atoms with Crippen LogP contribution < -0.4 is 10.1 Å². The maximum absolute atomic E-state index is 12.0. The van der Waals surface area contributed by atoms with Crippen molar-refractivity contribution in [1.82, 2.24) is 5.32 Å². The summed E-state index contributed by atoms with van der Waals surface area (Å²) >= 11 is 0. The van der Waals surface area contributed by atoms with Gasteiger partial charge in [0, 0.05) is 6.04 Å². The topological polar surface area (TPSA) is 21.3 Å². The van der Waals surface area contributed by atoms with E-state index in [1.165, 1.54) is 12.1 Å². The second kappa shape index (κ2) is 7.53. The molecule has 114 valence electrons. The Labute approximate surface area is 118 Å². The van der Waals surface area contributed by atoms with Crippen LogP contribution in [0, 0.1) is 5.92 Å². The maximum Gasteiger partial charge on any atom is 0.573 e. The zero-order chi connectivity index (χ0) is 15.2. The first kappa shape index (κ1) is 16.8. The van der Waals surface area contributed by atoms with Gasteiger partial charge in [-0.2, -0.15) is 0 Å². The highest BCUT2D eigenvalue weighted by Gasteiger charge is 2.30. The molecule has 0 aliphatic rings. The van der Waals surface area contributed by atoms with E-state index < -0.39 is 6.36 Å². The third-order valence-electron chi connectivity index (χ3n) is 3.28. The highest BCUT2D eigenvalue weighted by atomic mass is 19.4. The van der Waals surface area contributed by atoms with Gasteiger partial charge in [-0.05, 0) is 49.9 Å². The molecule has 0 amide bonds. The van der Waals surface area contributed by atoms with E-state index in [4.69, 9.17) is 0 Å². The normalized spacial score (nSPS) is 14.9. The molecular formula is C15H22F3NO. The van der Waals surface area contributed by atoms with Gasteiger partial charge in [0.25, 0.3) is 0 Å². The lowest BCUT2D eigenvalue weighted by atomic mass is 9.95. The molecule has 0 aliphatic heterocycles. The average Bonchev–Trinajstić information content (AvgIpc) is 2.36. The third kappa shape index (κ3) is 6.28. The van der Waals surface area contributed by atoms with E-state index in [1.807, 2.05) is 0 Å². The summed E-state index contributed by atoms with van der Waals surface area (Å²) in [5.74, 6) is 0.238. The molecule has 0 saturated carbocycles. The third-order valence-corrected chi connectivity index (χ3v) is 3.28. The van der Waals surface area contributed by atoms with Crippen molar-refractivity contribution in [3.05, 3.63) is 29.8 Å². The first-order valence-corrected chi connectivity index (χ1v) is 6.90. The second-order valence-electron chi connectivity index (χ2n) is 5.12. The maximum atomic E-state index is 12.0. The molecule has 20 heavy (non-hydrogen) atoms. The van der Waals surface area contributed by atoms with E-state index >= 15 is 0 Å². The Morgan fingerprint density at radius 3 is 2.25 bits per heavy atom. The van der Waals surface area contributed by atoms with Crippen LogP contribution in [0.5, 0.6) is 5.75 Å². The van der Waals surface area contributed by atoms with E-state index in [9.17, 15) is 13.2 Å². The number of nitrogens with one attached hydrogen (secondary N) is 1. The summed E-state index contributed by atoms with van der Waals surface area (Å²) < 4.78 is 40.0. The molecule has 1 aromatic carbocycles. The molecule has 0 aromatic heterocycles. The summed E-state index contributed by atoms with van der Waals surface area (Å²) in [6, 6.07) is 6.47. The molecular weight excluding hydrogens is 267 g/mol. The minimum absolute atomic E-state index is 0.175. The minimum Gasteiger partial charge on any atom is -0.406 e. The molecule has 0 heterocycles. The molecule has 2 nitrogen and oxygen atoms in total. The Kier molecular flexibility index (Phi) is 6.33. The van der Waals surface area contributed by atoms with Gasteiger partial charge in [0.2, 0.25) is 0 Å². The lowest BCUT2D eigenvalue weighted by molar-refractivity contribution is -0.274. The lowest BCUT2D eigenvalue weighted by Crippen LogP contribution is -2.33. The van der Waals surface area contributed by atoms with Crippen molar-refractivity contribution >= 4 is 0 Å². The number of rotatable bonds is 7. The lowest BCUT2D eigenvalue weighted by Gasteiger charge is -2.21. The van der Waals surface area contributed by atoms with Crippen molar-refractivity contribution in [2.75, 3.05) is 6.54 Å². The summed E-state index contributed by atoms with van der Waals surface area (Å²) in [6.45, 7) is 7.35. The Morgan fingerprint density at radius 1 is 1.15 bits per heavy atom. The van der Waals surface area contributed by atoms with Crippen LogP contribution in [0.4, 0.5) is 13.2 Å². The fourth-order valence-corrected chi connectivity index (χ4v) is 1.95. The molecule has 0 fully saturated rings. The molecule has 1 rings (SSSR count). The van der Waals surface area contributed by atoms with Crippen molar-refractivity contribution in [2.24, 2.45) is 5.92 Å². The second-order valence-corrected chi connectivity index (χ2v) is 5.12. The molecule has 2 unspecified atom stereocenters. The zero-order valence-electron chi connectivity index (χ0n) is 12.1. The summed E-state index contributed by atoms with van der Waals surface area (Å²) in [4.78, 5) is 0. The minimum atomic E-state index is -4.63. The van der Waals surface area contributed by atoms with Gasteiger partial charge < -0.3 is 10.1 Å². The summed E-state index contributed by atoms with van der Waals surface area (Å²) in [5, 5.41) is 3.42. The van der Waals surface area contributed by atoms with E-state index in [-0.39, 0.29) is 5.75 Å². The number of halogens is 3. The van der Waals surface area contributed by atoms with E-state index in [0.29, 0.717) is 12.0 Å². The Morgan fingerprint density at radius 2 is 1.75 bits per heavy atom. The van der Waals surface area contributed by atoms with Gasteiger partial charge in [-0.25, -0.2) is 0 Å². The molecule has 0 spiro atoms. The van der Waals surface area contributed by atoms with Gasteiger partial charge in [-0.15, -0.1) is 13.2 Å². The van der Waals surface area contributed by atoms with Crippen LogP contribution in [0.1, 0.15) is 32.8 Å². The quantitative estimate of drug-likeness (QED) is 0.814. The average molecular weight is 289 g/mol. The number of hydrogen-bond acceptors (Lipinski definition) is 2. The predicted molar refractivity (Wildman–Crippen MR) is 73.7 cm³/mol. The van der Waals surface area contributed by atoms with Crippen LogP contribution in [0.25, 0.3) is 0 Å². The largest absolute Gasteiger partial charge is 0.573 e. The monoisotopic (exact) mass is 289 g/mol. The molecule has 2 atom stereocenters. The van der Waals surface area contributed by atoms with Gasteiger partial charge >= 0.3 is 6.36 Å². The Hall–Kier alpha value is -1.23. The van der Waals surface area contributed by atoms with Crippen LogP contribution in [0.15, 0.2) is 24.3 Å². The van der Waals surface area contributed by atoms with Gasteiger partial charge in [-0.1, -0.05) is 26.0 Å². The Balaban J connectivity index is 2.52. The van der Waals surface area contributed by atoms with Crippen molar-refractivity contribution < 1.29 is 17.9 Å². The highest BCUT2D eigenvalue weighted by molar-refractivity contribution is 5.27. The van der Waals surface area contributed by atoms with Crippen molar-refractivity contribution in [1.29, 1.82) is 0 Å². The standard InChI is InChI=1S/C15H22F3NO/c1-4-9-19-12(3)11(2)10-13-5-7-14(8-6-13)20-15(16,17)18/h5-8,11-12,19H,4,9-10H2,1-3H3. The van der Waals surface area contributed by atoms with Gasteiger partial charge in [0.1, 0.15) is 5.75 Å². The summed E-state index contributed by atoms with van der Waals surface area (Å²) in [7, 11) is 0. The first-order chi connectivity index (χ1) is 9.31. The fourth-order valence-electron chi connectivity index (χ4n) is 1.95. The van der Waals surface area contributed by atoms with Crippen molar-refractivity contribution in [3.8, 4) is 5.75 Å². The van der Waals surface area contributed by atoms with Gasteiger partial charge in [0.15, 0.2) is 0 Å². The van der Waals surface area contributed by atoms with E-state index in [0.717, 1.165) is 24.9 Å². The SMILES string of the molecule is CCCNC(C)C(C)Cc1ccc(OC(F)(F)F)cc1. The summed E-state index contributed by atoms with van der Waals surface area (Å²) in [6.07, 6.45) is -2.72. The van der Waals surface area contributed by atoms with Crippen LogP contribution in [-0.4, -0.2) is 18.9 Å². The highest BCUT2D eigenvalue weighted by Crippen LogP contribution is 2.23. The van der Waals surface area contributed by atoms with Crippen LogP contribution >= 0.6 is 0 Å². The summed E-state index contributed by atoms with van der Waals surface area (Å²) in [5.41, 5.74) is 1.01. The number of hydrogen-bond donors (Lipinski definition) is 1. The number of alkyl halides is 3. The molecule has 0 saturated heterocycles.